The van der Waals surface area contributed by atoms with Gasteiger partial charge < -0.3 is 9.47 Å². The largest absolute Gasteiger partial charge is 0.497 e. The van der Waals surface area contributed by atoms with Gasteiger partial charge in [0.2, 0.25) is 0 Å². The van der Waals surface area contributed by atoms with Crippen molar-refractivity contribution >= 4 is 6.29 Å². The molecular weight excluding hydrogens is 266 g/mol. The third-order valence-corrected chi connectivity index (χ3v) is 2.75. The summed E-state index contributed by atoms with van der Waals surface area (Å²) in [6.07, 6.45) is 0.635. The van der Waals surface area contributed by atoms with Crippen LogP contribution in [0.25, 0.3) is 0 Å². The number of hydrogen-bond acceptors (Lipinski definition) is 3. The van der Waals surface area contributed by atoms with Crippen LogP contribution < -0.4 is 9.47 Å². The molecule has 0 spiro atoms. The minimum atomic E-state index is -0.694. The Labute approximate surface area is 114 Å². The van der Waals surface area contributed by atoms with E-state index in [2.05, 4.69) is 0 Å². The van der Waals surface area contributed by atoms with E-state index in [9.17, 15) is 13.6 Å². The minimum Gasteiger partial charge on any atom is -0.497 e. The summed E-state index contributed by atoms with van der Waals surface area (Å²) in [6, 6.07) is 7.92. The highest BCUT2D eigenvalue weighted by atomic mass is 19.1. The lowest BCUT2D eigenvalue weighted by molar-refractivity contribution is 0.111. The van der Waals surface area contributed by atoms with Gasteiger partial charge in [0.15, 0.2) is 6.29 Å². The zero-order valence-corrected chi connectivity index (χ0v) is 10.7. The summed E-state index contributed by atoms with van der Waals surface area (Å²) in [5.41, 5.74) is 0.527. The van der Waals surface area contributed by atoms with Crippen molar-refractivity contribution in [3.63, 3.8) is 0 Å². The van der Waals surface area contributed by atoms with Gasteiger partial charge in [0, 0.05) is 17.7 Å². The maximum atomic E-state index is 13.5. The molecule has 0 unspecified atom stereocenters. The summed E-state index contributed by atoms with van der Waals surface area (Å²) in [5.74, 6) is -0.546. The summed E-state index contributed by atoms with van der Waals surface area (Å²) < 4.78 is 36.7. The normalized spacial score (nSPS) is 10.2. The fourth-order valence-corrected chi connectivity index (χ4v) is 1.66. The van der Waals surface area contributed by atoms with Crippen molar-refractivity contribution in [3.05, 3.63) is 59.2 Å². The van der Waals surface area contributed by atoms with Crippen LogP contribution in [0, 0.1) is 11.6 Å². The number of ether oxygens (including phenoxy) is 2. The van der Waals surface area contributed by atoms with E-state index in [1.54, 1.807) is 12.1 Å². The summed E-state index contributed by atoms with van der Waals surface area (Å²) in [7, 11) is 1.49. The Kier molecular flexibility index (Phi) is 4.30. The summed E-state index contributed by atoms with van der Waals surface area (Å²) in [5, 5.41) is 0. The second-order valence-electron chi connectivity index (χ2n) is 4.05. The molecule has 0 aliphatic carbocycles. The number of benzene rings is 2. The number of carbonyl (C=O) groups is 1. The maximum Gasteiger partial charge on any atom is 0.153 e. The van der Waals surface area contributed by atoms with E-state index in [0.29, 0.717) is 17.6 Å². The Morgan fingerprint density at radius 2 is 1.95 bits per heavy atom. The number of halogens is 2. The van der Waals surface area contributed by atoms with Gasteiger partial charge in [-0.15, -0.1) is 0 Å². The molecule has 0 saturated heterocycles. The van der Waals surface area contributed by atoms with Crippen LogP contribution in [0.2, 0.25) is 0 Å². The molecule has 0 atom stereocenters. The van der Waals surface area contributed by atoms with Crippen molar-refractivity contribution < 1.29 is 23.0 Å². The Morgan fingerprint density at radius 3 is 2.60 bits per heavy atom. The highest BCUT2D eigenvalue weighted by Gasteiger charge is 2.08. The van der Waals surface area contributed by atoms with E-state index in [4.69, 9.17) is 9.47 Å². The van der Waals surface area contributed by atoms with Crippen LogP contribution in [-0.4, -0.2) is 13.4 Å². The number of rotatable bonds is 5. The topological polar surface area (TPSA) is 35.5 Å². The van der Waals surface area contributed by atoms with Crippen molar-refractivity contribution in [1.82, 2.24) is 0 Å². The molecule has 0 N–H and O–H groups in total. The molecule has 0 fully saturated rings. The van der Waals surface area contributed by atoms with Crippen molar-refractivity contribution in [2.75, 3.05) is 7.11 Å². The summed E-state index contributed by atoms with van der Waals surface area (Å²) >= 11 is 0. The summed E-state index contributed by atoms with van der Waals surface area (Å²) in [4.78, 5) is 10.9. The van der Waals surface area contributed by atoms with Crippen LogP contribution >= 0.6 is 0 Å². The zero-order valence-electron chi connectivity index (χ0n) is 10.7. The molecule has 2 aromatic rings. The quantitative estimate of drug-likeness (QED) is 0.787. The van der Waals surface area contributed by atoms with Gasteiger partial charge in [-0.1, -0.05) is 0 Å². The fourth-order valence-electron chi connectivity index (χ4n) is 1.66. The van der Waals surface area contributed by atoms with Gasteiger partial charge in [0.25, 0.3) is 0 Å². The number of aldehydes is 1. The first-order valence-electron chi connectivity index (χ1n) is 5.84. The molecular formula is C15H12F2O3. The molecule has 104 valence electrons. The van der Waals surface area contributed by atoms with Crippen LogP contribution in [0.4, 0.5) is 8.78 Å². The first-order chi connectivity index (χ1) is 9.63. The van der Waals surface area contributed by atoms with Gasteiger partial charge in [-0.3, -0.25) is 4.79 Å². The monoisotopic (exact) mass is 278 g/mol. The third-order valence-electron chi connectivity index (χ3n) is 2.75. The molecule has 0 aliphatic rings. The molecule has 0 radical (unpaired) electrons. The van der Waals surface area contributed by atoms with Crippen molar-refractivity contribution in [3.8, 4) is 11.5 Å². The van der Waals surface area contributed by atoms with Crippen molar-refractivity contribution in [2.24, 2.45) is 0 Å². The van der Waals surface area contributed by atoms with Crippen molar-refractivity contribution in [1.29, 1.82) is 0 Å². The summed E-state index contributed by atoms with van der Waals surface area (Å²) in [6.45, 7) is -0.111. The highest BCUT2D eigenvalue weighted by molar-refractivity contribution is 5.79. The minimum absolute atomic E-state index is 0.111. The lowest BCUT2D eigenvalue weighted by Crippen LogP contribution is -2.01. The van der Waals surface area contributed by atoms with E-state index in [1.165, 1.54) is 19.2 Å². The standard InChI is InChI=1S/C15H12F2O3/c1-19-13-5-3-10(8-18)15(7-13)20-9-11-2-4-12(16)6-14(11)17/h2-8H,9H2,1H3. The molecule has 20 heavy (non-hydrogen) atoms. The highest BCUT2D eigenvalue weighted by Crippen LogP contribution is 2.24. The van der Waals surface area contributed by atoms with Gasteiger partial charge >= 0.3 is 0 Å². The van der Waals surface area contributed by atoms with Crippen LogP contribution in [0.3, 0.4) is 0 Å². The number of carbonyl (C=O) groups excluding carboxylic acids is 1. The van der Waals surface area contributed by atoms with E-state index in [1.807, 2.05) is 0 Å². The zero-order chi connectivity index (χ0) is 14.5. The Balaban J connectivity index is 2.19. The Bertz CT molecular complexity index is 627. The van der Waals surface area contributed by atoms with E-state index in [-0.39, 0.29) is 17.9 Å². The van der Waals surface area contributed by atoms with Crippen LogP contribution in [-0.2, 0) is 6.61 Å². The predicted octanol–water partition coefficient (Wildman–Crippen LogP) is 3.36. The smallest absolute Gasteiger partial charge is 0.153 e. The average Bonchev–Trinajstić information content (AvgIpc) is 2.46. The molecule has 2 rings (SSSR count). The van der Waals surface area contributed by atoms with Gasteiger partial charge in [-0.25, -0.2) is 8.78 Å². The lowest BCUT2D eigenvalue weighted by Gasteiger charge is -2.10. The first-order valence-corrected chi connectivity index (χ1v) is 5.84. The third kappa shape index (κ3) is 3.12. The van der Waals surface area contributed by atoms with Crippen LogP contribution in [0.1, 0.15) is 15.9 Å². The molecule has 2 aromatic carbocycles. The molecule has 0 saturated carbocycles. The second-order valence-corrected chi connectivity index (χ2v) is 4.05. The maximum absolute atomic E-state index is 13.5. The molecule has 0 heterocycles. The van der Waals surface area contributed by atoms with E-state index in [0.717, 1.165) is 12.1 Å². The van der Waals surface area contributed by atoms with Gasteiger partial charge in [-0.05, 0) is 24.3 Å². The molecule has 0 aromatic heterocycles. The van der Waals surface area contributed by atoms with Gasteiger partial charge in [0.05, 0.1) is 12.7 Å². The van der Waals surface area contributed by atoms with Crippen molar-refractivity contribution in [2.45, 2.75) is 6.61 Å². The first kappa shape index (κ1) is 14.0. The fraction of sp³-hybridized carbons (Fsp3) is 0.133. The molecule has 5 heteroatoms. The molecule has 0 bridgehead atoms. The van der Waals surface area contributed by atoms with E-state index >= 15 is 0 Å². The number of hydrogen-bond donors (Lipinski definition) is 0. The predicted molar refractivity (Wildman–Crippen MR) is 69.1 cm³/mol. The number of methoxy groups -OCH3 is 1. The van der Waals surface area contributed by atoms with Gasteiger partial charge in [-0.2, -0.15) is 0 Å². The van der Waals surface area contributed by atoms with Gasteiger partial charge in [0.1, 0.15) is 29.7 Å². The second kappa shape index (κ2) is 6.14. The molecule has 3 nitrogen and oxygen atoms in total. The molecule has 0 amide bonds. The SMILES string of the molecule is COc1ccc(C=O)c(OCc2ccc(F)cc2F)c1. The molecule has 0 aliphatic heterocycles. The average molecular weight is 278 g/mol. The van der Waals surface area contributed by atoms with Crippen LogP contribution in [0.5, 0.6) is 11.5 Å². The Hall–Kier alpha value is -2.43. The van der Waals surface area contributed by atoms with Crippen LogP contribution in [0.15, 0.2) is 36.4 Å². The van der Waals surface area contributed by atoms with E-state index < -0.39 is 11.6 Å². The Morgan fingerprint density at radius 1 is 1.15 bits per heavy atom. The lowest BCUT2D eigenvalue weighted by atomic mass is 10.2.